The van der Waals surface area contributed by atoms with Gasteiger partial charge in [-0.15, -0.1) is 11.8 Å². The molecule has 0 fully saturated rings. The third-order valence-electron chi connectivity index (χ3n) is 6.47. The molecule has 0 saturated heterocycles. The summed E-state index contributed by atoms with van der Waals surface area (Å²) >= 11 is 1.79. The number of benzene rings is 2. The molecule has 33 heavy (non-hydrogen) atoms. The van der Waals surface area contributed by atoms with Crippen molar-refractivity contribution < 1.29 is 14.6 Å². The van der Waals surface area contributed by atoms with Crippen LogP contribution in [0.2, 0.25) is 0 Å². The quantitative estimate of drug-likeness (QED) is 0.636. The van der Waals surface area contributed by atoms with E-state index in [4.69, 9.17) is 4.74 Å². The lowest BCUT2D eigenvalue weighted by Crippen LogP contribution is -2.49. The molecule has 0 spiro atoms. The van der Waals surface area contributed by atoms with Gasteiger partial charge in [0.1, 0.15) is 0 Å². The Kier molecular flexibility index (Phi) is 5.40. The van der Waals surface area contributed by atoms with Crippen LogP contribution in [0.1, 0.15) is 53.0 Å². The Morgan fingerprint density at radius 3 is 2.52 bits per heavy atom. The minimum Gasteiger partial charge on any atom is -0.501 e. The molecule has 0 bridgehead atoms. The average Bonchev–Trinajstić information content (AvgIpc) is 2.98. The molecule has 2 aromatic carbocycles. The highest BCUT2D eigenvalue weighted by Crippen LogP contribution is 2.48. The molecule has 0 unspecified atom stereocenters. The molecule has 2 aliphatic heterocycles. The van der Waals surface area contributed by atoms with Gasteiger partial charge in [0, 0.05) is 29.2 Å². The van der Waals surface area contributed by atoms with Crippen molar-refractivity contribution in [1.82, 2.24) is 14.5 Å². The van der Waals surface area contributed by atoms with E-state index in [9.17, 15) is 14.7 Å². The number of hydrogen-bond donors (Lipinski definition) is 1. The van der Waals surface area contributed by atoms with Gasteiger partial charge in [-0.3, -0.25) is 14.2 Å². The minimum absolute atomic E-state index is 0.0291. The number of aromatic hydroxyl groups is 1. The highest BCUT2D eigenvalue weighted by atomic mass is 32.2. The Morgan fingerprint density at radius 2 is 1.79 bits per heavy atom. The van der Waals surface area contributed by atoms with Crippen LogP contribution in [0.25, 0.3) is 0 Å². The number of ether oxygens (including phenoxy) is 1. The summed E-state index contributed by atoms with van der Waals surface area (Å²) in [5.41, 5.74) is 2.58. The molecule has 170 valence electrons. The number of hydrogen-bond acceptors (Lipinski definition) is 6. The average molecular weight is 464 g/mol. The Labute approximate surface area is 196 Å². The normalized spacial score (nSPS) is 19.5. The van der Waals surface area contributed by atoms with E-state index in [1.165, 1.54) is 17.6 Å². The van der Waals surface area contributed by atoms with Crippen molar-refractivity contribution in [2.75, 3.05) is 13.7 Å². The highest BCUT2D eigenvalue weighted by molar-refractivity contribution is 7.98. The molecular formula is C25H25N3O4S. The van der Waals surface area contributed by atoms with Crippen molar-refractivity contribution in [2.45, 2.75) is 42.5 Å². The summed E-state index contributed by atoms with van der Waals surface area (Å²) < 4.78 is 7.12. The predicted octanol–water partition coefficient (Wildman–Crippen LogP) is 3.80. The molecule has 0 saturated carbocycles. The first-order valence-electron chi connectivity index (χ1n) is 10.9. The highest BCUT2D eigenvalue weighted by Gasteiger charge is 2.43. The fourth-order valence-electron chi connectivity index (χ4n) is 4.94. The lowest BCUT2D eigenvalue weighted by Gasteiger charge is -2.42. The van der Waals surface area contributed by atoms with E-state index in [1.807, 2.05) is 38.1 Å². The largest absolute Gasteiger partial charge is 0.501 e. The number of rotatable bonds is 3. The summed E-state index contributed by atoms with van der Waals surface area (Å²) in [6.45, 7) is 4.26. The van der Waals surface area contributed by atoms with Gasteiger partial charge in [0.05, 0.1) is 13.2 Å². The SMILES string of the molecule is COc1nc(=O)c(O)c2n1[C@H]([C@@H]1c3ccccc3CSc3ccccc31)CN(C(C)C)C2=O. The molecular weight excluding hydrogens is 438 g/mol. The van der Waals surface area contributed by atoms with Crippen LogP contribution in [0.5, 0.6) is 11.8 Å². The van der Waals surface area contributed by atoms with E-state index < -0.39 is 17.2 Å². The number of carbonyl (C=O) groups excluding carboxylic acids is 1. The van der Waals surface area contributed by atoms with Crippen molar-refractivity contribution in [3.05, 3.63) is 81.3 Å². The van der Waals surface area contributed by atoms with Gasteiger partial charge in [0.15, 0.2) is 5.69 Å². The van der Waals surface area contributed by atoms with E-state index in [0.29, 0.717) is 6.54 Å². The van der Waals surface area contributed by atoms with E-state index in [-0.39, 0.29) is 29.7 Å². The van der Waals surface area contributed by atoms with E-state index >= 15 is 0 Å². The predicted molar refractivity (Wildman–Crippen MR) is 126 cm³/mol. The number of carbonyl (C=O) groups is 1. The topological polar surface area (TPSA) is 84.7 Å². The van der Waals surface area contributed by atoms with Crippen molar-refractivity contribution in [1.29, 1.82) is 0 Å². The Hall–Kier alpha value is -3.26. The molecule has 1 aromatic heterocycles. The maximum Gasteiger partial charge on any atom is 0.318 e. The summed E-state index contributed by atoms with van der Waals surface area (Å²) in [4.78, 5) is 32.6. The van der Waals surface area contributed by atoms with E-state index in [0.717, 1.165) is 16.9 Å². The summed E-state index contributed by atoms with van der Waals surface area (Å²) in [5, 5.41) is 10.7. The van der Waals surface area contributed by atoms with Gasteiger partial charge in [-0.1, -0.05) is 42.5 Å². The summed E-state index contributed by atoms with van der Waals surface area (Å²) in [6.07, 6.45) is 0. The molecule has 0 aliphatic carbocycles. The van der Waals surface area contributed by atoms with Crippen molar-refractivity contribution in [3.8, 4) is 11.8 Å². The van der Waals surface area contributed by atoms with Gasteiger partial charge >= 0.3 is 11.6 Å². The lowest BCUT2D eigenvalue weighted by atomic mass is 9.81. The molecule has 1 N–H and O–H groups in total. The van der Waals surface area contributed by atoms with Crippen LogP contribution >= 0.6 is 11.8 Å². The number of thioether (sulfide) groups is 1. The zero-order valence-electron chi connectivity index (χ0n) is 18.7. The smallest absolute Gasteiger partial charge is 0.318 e. The monoisotopic (exact) mass is 463 g/mol. The Morgan fingerprint density at radius 1 is 1.09 bits per heavy atom. The maximum atomic E-state index is 13.4. The second-order valence-electron chi connectivity index (χ2n) is 8.59. The third kappa shape index (κ3) is 3.40. The van der Waals surface area contributed by atoms with Crippen LogP contribution in [0.3, 0.4) is 0 Å². The molecule has 2 aliphatic rings. The molecule has 0 radical (unpaired) electrons. The maximum absolute atomic E-state index is 13.4. The number of nitrogens with zero attached hydrogens (tertiary/aromatic N) is 3. The molecule has 3 aromatic rings. The van der Waals surface area contributed by atoms with Crippen LogP contribution in [0.4, 0.5) is 0 Å². The van der Waals surface area contributed by atoms with Crippen molar-refractivity contribution >= 4 is 17.7 Å². The summed E-state index contributed by atoms with van der Waals surface area (Å²) in [5.74, 6) is -0.346. The van der Waals surface area contributed by atoms with Gasteiger partial charge in [-0.05, 0) is 36.6 Å². The summed E-state index contributed by atoms with van der Waals surface area (Å²) in [7, 11) is 1.42. The molecule has 8 heteroatoms. The number of amides is 1. The molecule has 5 rings (SSSR count). The first-order valence-corrected chi connectivity index (χ1v) is 11.9. The fourth-order valence-corrected chi connectivity index (χ4v) is 6.05. The van der Waals surface area contributed by atoms with Crippen LogP contribution in [0, 0.1) is 0 Å². The first-order chi connectivity index (χ1) is 15.9. The second-order valence-corrected chi connectivity index (χ2v) is 9.61. The van der Waals surface area contributed by atoms with Gasteiger partial charge in [0.2, 0.25) is 5.75 Å². The van der Waals surface area contributed by atoms with Crippen molar-refractivity contribution in [2.24, 2.45) is 0 Å². The molecule has 3 heterocycles. The van der Waals surface area contributed by atoms with Gasteiger partial charge < -0.3 is 14.7 Å². The second kappa shape index (κ2) is 8.26. The fraction of sp³-hybridized carbons (Fsp3) is 0.320. The van der Waals surface area contributed by atoms with Crippen LogP contribution < -0.4 is 10.3 Å². The Bertz CT molecular complexity index is 1260. The number of methoxy groups -OCH3 is 1. The van der Waals surface area contributed by atoms with Gasteiger partial charge in [-0.2, -0.15) is 4.98 Å². The van der Waals surface area contributed by atoms with Crippen molar-refractivity contribution in [3.63, 3.8) is 0 Å². The van der Waals surface area contributed by atoms with Gasteiger partial charge in [0.25, 0.3) is 5.91 Å². The third-order valence-corrected chi connectivity index (χ3v) is 7.61. The van der Waals surface area contributed by atoms with E-state index in [2.05, 4.69) is 29.2 Å². The molecule has 2 atom stereocenters. The molecule has 1 amide bonds. The summed E-state index contributed by atoms with van der Waals surface area (Å²) in [6, 6.07) is 16.2. The zero-order valence-corrected chi connectivity index (χ0v) is 19.5. The van der Waals surface area contributed by atoms with Crippen LogP contribution in [0.15, 0.2) is 58.2 Å². The van der Waals surface area contributed by atoms with E-state index in [1.54, 1.807) is 21.2 Å². The number of fused-ring (bicyclic) bond motifs is 3. The number of aromatic nitrogens is 2. The lowest BCUT2D eigenvalue weighted by molar-refractivity contribution is 0.0572. The zero-order chi connectivity index (χ0) is 23.3. The van der Waals surface area contributed by atoms with Crippen LogP contribution in [-0.2, 0) is 5.75 Å². The molecule has 7 nitrogen and oxygen atoms in total. The van der Waals surface area contributed by atoms with Crippen LogP contribution in [-0.4, -0.2) is 45.2 Å². The standard InChI is InChI=1S/C25H25N3O4S/c1-14(2)27-12-18(28-21(24(27)31)22(29)23(30)26-25(28)32-3)20-16-9-5-4-8-15(16)13-33-19-11-7-6-10-17(19)20/h4-11,14,18,20,29H,12-13H2,1-3H3/t18-,20+/m0/s1. The van der Waals surface area contributed by atoms with Gasteiger partial charge in [-0.25, -0.2) is 0 Å². The minimum atomic E-state index is -0.868. The first kappa shape index (κ1) is 21.6. The Balaban J connectivity index is 1.84.